The highest BCUT2D eigenvalue weighted by Crippen LogP contribution is 2.32. The average Bonchev–Trinajstić information content (AvgIpc) is 2.67. The quantitative estimate of drug-likeness (QED) is 0.681. The standard InChI is InChI=1S/C11H15N3/c1-9-2-4-10(5-3-9)14-7-6-13-11(14)8-12/h6-7,9-10H,2-5H2,1H3. The largest absolute Gasteiger partial charge is 0.320 e. The van der Waals surface area contributed by atoms with Gasteiger partial charge < -0.3 is 4.57 Å². The third kappa shape index (κ3) is 1.65. The summed E-state index contributed by atoms with van der Waals surface area (Å²) in [4.78, 5) is 4.03. The minimum Gasteiger partial charge on any atom is -0.320 e. The molecular formula is C11H15N3. The van der Waals surface area contributed by atoms with Crippen LogP contribution in [0.2, 0.25) is 0 Å². The van der Waals surface area contributed by atoms with Gasteiger partial charge in [-0.15, -0.1) is 0 Å². The second-order valence-electron chi connectivity index (χ2n) is 4.18. The second kappa shape index (κ2) is 3.83. The summed E-state index contributed by atoms with van der Waals surface area (Å²) < 4.78 is 2.03. The number of hydrogen-bond donors (Lipinski definition) is 0. The summed E-state index contributed by atoms with van der Waals surface area (Å²) in [7, 11) is 0. The van der Waals surface area contributed by atoms with Gasteiger partial charge in [0.15, 0.2) is 0 Å². The first-order valence-electron chi connectivity index (χ1n) is 5.24. The predicted molar refractivity (Wildman–Crippen MR) is 53.6 cm³/mol. The van der Waals surface area contributed by atoms with Crippen molar-refractivity contribution in [1.29, 1.82) is 5.26 Å². The van der Waals surface area contributed by atoms with E-state index in [1.54, 1.807) is 6.20 Å². The van der Waals surface area contributed by atoms with Gasteiger partial charge in [0.25, 0.3) is 0 Å². The summed E-state index contributed by atoms with van der Waals surface area (Å²) in [5.41, 5.74) is 0. The highest BCUT2D eigenvalue weighted by atomic mass is 15.1. The molecule has 74 valence electrons. The summed E-state index contributed by atoms with van der Waals surface area (Å²) in [5, 5.41) is 8.86. The molecule has 0 unspecified atom stereocenters. The Kier molecular flexibility index (Phi) is 2.53. The summed E-state index contributed by atoms with van der Waals surface area (Å²) in [5.74, 6) is 1.41. The van der Waals surface area contributed by atoms with Crippen molar-refractivity contribution in [3.63, 3.8) is 0 Å². The van der Waals surface area contributed by atoms with Crippen molar-refractivity contribution in [2.45, 2.75) is 38.6 Å². The number of aromatic nitrogens is 2. The zero-order chi connectivity index (χ0) is 9.97. The Hall–Kier alpha value is -1.30. The van der Waals surface area contributed by atoms with Crippen LogP contribution in [0.4, 0.5) is 0 Å². The van der Waals surface area contributed by atoms with Crippen LogP contribution in [0, 0.1) is 17.2 Å². The van der Waals surface area contributed by atoms with E-state index < -0.39 is 0 Å². The van der Waals surface area contributed by atoms with E-state index in [0.29, 0.717) is 11.9 Å². The third-order valence-corrected chi connectivity index (χ3v) is 3.15. The van der Waals surface area contributed by atoms with Crippen molar-refractivity contribution in [2.24, 2.45) is 5.92 Å². The third-order valence-electron chi connectivity index (χ3n) is 3.15. The summed E-state index contributed by atoms with van der Waals surface area (Å²) in [6.07, 6.45) is 8.57. The molecule has 3 heteroatoms. The minimum absolute atomic E-state index is 0.503. The molecule has 0 amide bonds. The Morgan fingerprint density at radius 3 is 2.79 bits per heavy atom. The monoisotopic (exact) mass is 189 g/mol. The lowest BCUT2D eigenvalue weighted by atomic mass is 9.87. The van der Waals surface area contributed by atoms with Gasteiger partial charge in [-0.05, 0) is 31.6 Å². The molecule has 1 aliphatic carbocycles. The van der Waals surface area contributed by atoms with E-state index >= 15 is 0 Å². The van der Waals surface area contributed by atoms with Crippen molar-refractivity contribution in [2.75, 3.05) is 0 Å². The highest BCUT2D eigenvalue weighted by molar-refractivity contribution is 5.12. The van der Waals surface area contributed by atoms with Crippen LogP contribution in [0.1, 0.15) is 44.5 Å². The molecule has 3 nitrogen and oxygen atoms in total. The molecule has 2 rings (SSSR count). The number of hydrogen-bond acceptors (Lipinski definition) is 2. The lowest BCUT2D eigenvalue weighted by Gasteiger charge is -2.27. The summed E-state index contributed by atoms with van der Waals surface area (Å²) >= 11 is 0. The molecule has 0 aromatic carbocycles. The molecule has 1 aromatic rings. The van der Waals surface area contributed by atoms with E-state index in [1.165, 1.54) is 25.7 Å². The molecule has 0 bridgehead atoms. The van der Waals surface area contributed by atoms with Crippen molar-refractivity contribution in [3.05, 3.63) is 18.2 Å². The molecule has 0 saturated heterocycles. The highest BCUT2D eigenvalue weighted by Gasteiger charge is 2.20. The van der Waals surface area contributed by atoms with Gasteiger partial charge in [-0.2, -0.15) is 5.26 Å². The first kappa shape index (κ1) is 9.26. The zero-order valence-corrected chi connectivity index (χ0v) is 8.48. The van der Waals surface area contributed by atoms with Crippen LogP contribution in [0.25, 0.3) is 0 Å². The topological polar surface area (TPSA) is 41.6 Å². The molecular weight excluding hydrogens is 174 g/mol. The van der Waals surface area contributed by atoms with Crippen LogP contribution in [0.3, 0.4) is 0 Å². The molecule has 1 fully saturated rings. The van der Waals surface area contributed by atoms with Gasteiger partial charge in [-0.3, -0.25) is 0 Å². The lowest BCUT2D eigenvalue weighted by Crippen LogP contribution is -2.17. The Morgan fingerprint density at radius 2 is 2.14 bits per heavy atom. The minimum atomic E-state index is 0.503. The summed E-state index contributed by atoms with van der Waals surface area (Å²) in [6.45, 7) is 2.30. The Labute approximate surface area is 84.4 Å². The van der Waals surface area contributed by atoms with E-state index in [9.17, 15) is 0 Å². The van der Waals surface area contributed by atoms with Gasteiger partial charge in [0, 0.05) is 18.4 Å². The Bertz CT molecular complexity index is 340. The molecule has 0 radical (unpaired) electrons. The lowest BCUT2D eigenvalue weighted by molar-refractivity contribution is 0.288. The molecule has 0 atom stereocenters. The first-order chi connectivity index (χ1) is 6.81. The van der Waals surface area contributed by atoms with E-state index in [1.807, 2.05) is 10.8 Å². The summed E-state index contributed by atoms with van der Waals surface area (Å²) in [6, 6.07) is 2.64. The molecule has 0 spiro atoms. The van der Waals surface area contributed by atoms with Gasteiger partial charge >= 0.3 is 0 Å². The maximum atomic E-state index is 8.86. The van der Waals surface area contributed by atoms with E-state index in [0.717, 1.165) is 5.92 Å². The van der Waals surface area contributed by atoms with Crippen LogP contribution in [-0.2, 0) is 0 Å². The van der Waals surface area contributed by atoms with E-state index in [-0.39, 0.29) is 0 Å². The smallest absolute Gasteiger partial charge is 0.212 e. The van der Waals surface area contributed by atoms with E-state index in [4.69, 9.17) is 5.26 Å². The number of imidazole rings is 1. The zero-order valence-electron chi connectivity index (χ0n) is 8.48. The first-order valence-corrected chi connectivity index (χ1v) is 5.24. The van der Waals surface area contributed by atoms with Crippen LogP contribution in [0.15, 0.2) is 12.4 Å². The van der Waals surface area contributed by atoms with Crippen LogP contribution in [0.5, 0.6) is 0 Å². The van der Waals surface area contributed by atoms with Crippen LogP contribution in [-0.4, -0.2) is 9.55 Å². The Morgan fingerprint density at radius 1 is 1.43 bits per heavy atom. The molecule has 14 heavy (non-hydrogen) atoms. The fourth-order valence-electron chi connectivity index (χ4n) is 2.21. The van der Waals surface area contributed by atoms with Gasteiger partial charge in [-0.1, -0.05) is 6.92 Å². The predicted octanol–water partition coefficient (Wildman–Crippen LogP) is 2.51. The van der Waals surface area contributed by atoms with Gasteiger partial charge in [-0.25, -0.2) is 4.98 Å². The van der Waals surface area contributed by atoms with Gasteiger partial charge in [0.05, 0.1) is 0 Å². The fourth-order valence-corrected chi connectivity index (χ4v) is 2.21. The van der Waals surface area contributed by atoms with Crippen molar-refractivity contribution >= 4 is 0 Å². The van der Waals surface area contributed by atoms with Crippen LogP contribution >= 0.6 is 0 Å². The van der Waals surface area contributed by atoms with Crippen molar-refractivity contribution in [3.8, 4) is 6.07 Å². The normalized spacial score (nSPS) is 27.1. The molecule has 0 aliphatic heterocycles. The van der Waals surface area contributed by atoms with E-state index in [2.05, 4.69) is 18.0 Å². The SMILES string of the molecule is CC1CCC(n2ccnc2C#N)CC1. The number of rotatable bonds is 1. The fraction of sp³-hybridized carbons (Fsp3) is 0.636. The molecule has 1 aromatic heterocycles. The molecule has 1 heterocycles. The average molecular weight is 189 g/mol. The van der Waals surface area contributed by atoms with Crippen molar-refractivity contribution < 1.29 is 0 Å². The maximum absolute atomic E-state index is 8.86. The molecule has 1 aliphatic rings. The number of nitriles is 1. The maximum Gasteiger partial charge on any atom is 0.212 e. The van der Waals surface area contributed by atoms with Gasteiger partial charge in [0.2, 0.25) is 5.82 Å². The number of nitrogens with zero attached hydrogens (tertiary/aromatic N) is 3. The molecule has 0 N–H and O–H groups in total. The van der Waals surface area contributed by atoms with Crippen LogP contribution < -0.4 is 0 Å². The van der Waals surface area contributed by atoms with Crippen molar-refractivity contribution in [1.82, 2.24) is 9.55 Å². The Balaban J connectivity index is 2.13. The van der Waals surface area contributed by atoms with Gasteiger partial charge in [0.1, 0.15) is 6.07 Å². The second-order valence-corrected chi connectivity index (χ2v) is 4.18. The molecule has 1 saturated carbocycles.